The molecule has 0 radical (unpaired) electrons. The van der Waals surface area contributed by atoms with Crippen LogP contribution in [-0.2, 0) is 10.2 Å². The molecule has 1 aliphatic rings. The molecule has 0 amide bonds. The minimum Gasteiger partial charge on any atom is -0.505 e. The first-order valence-corrected chi connectivity index (χ1v) is 6.00. The highest BCUT2D eigenvalue weighted by Crippen LogP contribution is 2.44. The fourth-order valence-corrected chi connectivity index (χ4v) is 2.70. The summed E-state index contributed by atoms with van der Waals surface area (Å²) < 4.78 is 39.7. The molecule has 0 unspecified atom stereocenters. The van der Waals surface area contributed by atoms with Crippen LogP contribution in [0.1, 0.15) is 37.7 Å². The molecule has 1 aromatic carbocycles. The highest BCUT2D eigenvalue weighted by molar-refractivity contribution is 5.82. The number of hydrogen-bond donors (Lipinski definition) is 2. The van der Waals surface area contributed by atoms with Gasteiger partial charge in [0.05, 0.1) is 5.41 Å². The summed E-state index contributed by atoms with van der Waals surface area (Å²) in [6, 6.07) is 0.590. The maximum atomic E-state index is 13.4. The molecular weight excluding hydrogens is 261 g/mol. The number of hydrogen-bond acceptors (Lipinski definition) is 2. The third-order valence-corrected chi connectivity index (χ3v) is 3.77. The van der Waals surface area contributed by atoms with Crippen molar-refractivity contribution in [3.8, 4) is 5.75 Å². The van der Waals surface area contributed by atoms with Crippen molar-refractivity contribution in [2.75, 3.05) is 0 Å². The minimum atomic E-state index is -1.79. The lowest BCUT2D eigenvalue weighted by Gasteiger charge is -2.34. The molecular formula is C13H13F3O3. The molecule has 1 aromatic rings. The van der Waals surface area contributed by atoms with Crippen LogP contribution in [0, 0.1) is 17.5 Å². The Labute approximate surface area is 107 Å². The fraction of sp³-hybridized carbons (Fsp3) is 0.462. The third kappa shape index (κ3) is 2.05. The second kappa shape index (κ2) is 4.75. The Morgan fingerprint density at radius 1 is 1.11 bits per heavy atom. The van der Waals surface area contributed by atoms with Gasteiger partial charge < -0.3 is 10.2 Å². The zero-order valence-corrected chi connectivity index (χ0v) is 10.0. The van der Waals surface area contributed by atoms with Crippen LogP contribution in [-0.4, -0.2) is 16.2 Å². The van der Waals surface area contributed by atoms with E-state index in [-0.39, 0.29) is 18.4 Å². The normalized spacial score (nSPS) is 18.3. The summed E-state index contributed by atoms with van der Waals surface area (Å²) in [5.74, 6) is -7.38. The van der Waals surface area contributed by atoms with Gasteiger partial charge in [0.15, 0.2) is 17.4 Å². The van der Waals surface area contributed by atoms with Gasteiger partial charge in [-0.2, -0.15) is 4.39 Å². The van der Waals surface area contributed by atoms with E-state index in [4.69, 9.17) is 0 Å². The van der Waals surface area contributed by atoms with E-state index in [2.05, 4.69) is 0 Å². The van der Waals surface area contributed by atoms with E-state index in [1.165, 1.54) is 0 Å². The van der Waals surface area contributed by atoms with E-state index in [0.717, 1.165) is 6.42 Å². The molecule has 0 aliphatic heterocycles. The predicted octanol–water partition coefficient (Wildman–Crippen LogP) is 3.10. The Morgan fingerprint density at radius 3 is 2.21 bits per heavy atom. The number of carboxylic acid groups (broad SMARTS) is 1. The smallest absolute Gasteiger partial charge is 0.314 e. The van der Waals surface area contributed by atoms with Crippen molar-refractivity contribution in [1.29, 1.82) is 0 Å². The Morgan fingerprint density at radius 2 is 1.68 bits per heavy atom. The zero-order valence-electron chi connectivity index (χ0n) is 10.0. The van der Waals surface area contributed by atoms with E-state index in [9.17, 15) is 28.2 Å². The van der Waals surface area contributed by atoms with Gasteiger partial charge in [0, 0.05) is 5.56 Å². The van der Waals surface area contributed by atoms with Crippen molar-refractivity contribution in [2.24, 2.45) is 0 Å². The van der Waals surface area contributed by atoms with Crippen LogP contribution in [0.5, 0.6) is 5.75 Å². The van der Waals surface area contributed by atoms with Crippen LogP contribution >= 0.6 is 0 Å². The molecule has 6 heteroatoms. The van der Waals surface area contributed by atoms with Crippen LogP contribution in [0.25, 0.3) is 0 Å². The molecule has 0 atom stereocenters. The minimum absolute atomic E-state index is 0.167. The third-order valence-electron chi connectivity index (χ3n) is 3.77. The van der Waals surface area contributed by atoms with Gasteiger partial charge in [-0.25, -0.2) is 8.78 Å². The average Bonchev–Trinajstić information content (AvgIpc) is 2.41. The van der Waals surface area contributed by atoms with Gasteiger partial charge in [-0.05, 0) is 18.9 Å². The highest BCUT2D eigenvalue weighted by atomic mass is 19.2. The second-order valence-corrected chi connectivity index (χ2v) is 4.83. The van der Waals surface area contributed by atoms with Crippen molar-refractivity contribution in [1.82, 2.24) is 0 Å². The van der Waals surface area contributed by atoms with Crippen molar-refractivity contribution >= 4 is 5.97 Å². The van der Waals surface area contributed by atoms with E-state index in [1.807, 2.05) is 0 Å². The average molecular weight is 274 g/mol. The molecule has 3 nitrogen and oxygen atoms in total. The van der Waals surface area contributed by atoms with Gasteiger partial charge >= 0.3 is 5.97 Å². The first kappa shape index (κ1) is 13.7. The number of phenols is 1. The first-order chi connectivity index (χ1) is 8.90. The summed E-state index contributed by atoms with van der Waals surface area (Å²) >= 11 is 0. The molecule has 0 heterocycles. The summed E-state index contributed by atoms with van der Waals surface area (Å²) in [5.41, 5.74) is -1.92. The number of halogens is 3. The number of carbonyl (C=O) groups is 1. The van der Waals surface area contributed by atoms with Gasteiger partial charge in [0.2, 0.25) is 5.82 Å². The van der Waals surface area contributed by atoms with Crippen LogP contribution in [0.3, 0.4) is 0 Å². The Bertz CT molecular complexity index is 522. The van der Waals surface area contributed by atoms with Crippen molar-refractivity contribution < 1.29 is 28.2 Å². The number of carboxylic acids is 1. The summed E-state index contributed by atoms with van der Waals surface area (Å²) in [5, 5.41) is 19.0. The fourth-order valence-electron chi connectivity index (χ4n) is 2.70. The van der Waals surface area contributed by atoms with E-state index in [1.54, 1.807) is 0 Å². The summed E-state index contributed by atoms with van der Waals surface area (Å²) in [6.45, 7) is 0. The Hall–Kier alpha value is -1.72. The second-order valence-electron chi connectivity index (χ2n) is 4.83. The highest BCUT2D eigenvalue weighted by Gasteiger charge is 2.44. The lowest BCUT2D eigenvalue weighted by molar-refractivity contribution is -0.145. The largest absolute Gasteiger partial charge is 0.505 e. The van der Waals surface area contributed by atoms with Crippen LogP contribution in [0.2, 0.25) is 0 Å². The number of phenolic OH excluding ortho intramolecular Hbond substituents is 1. The maximum Gasteiger partial charge on any atom is 0.314 e. The number of aromatic hydroxyl groups is 1. The van der Waals surface area contributed by atoms with Gasteiger partial charge in [-0.3, -0.25) is 4.79 Å². The maximum absolute atomic E-state index is 13.4. The SMILES string of the molecule is O=C(O)C1(c2cc(F)c(F)c(F)c2O)CCCCC1. The van der Waals surface area contributed by atoms with E-state index >= 15 is 0 Å². The standard InChI is InChI=1S/C13H13F3O3/c14-8-6-7(11(17)10(16)9(8)15)13(12(18)19)4-2-1-3-5-13/h6,17H,1-5H2,(H,18,19). The topological polar surface area (TPSA) is 57.5 Å². The quantitative estimate of drug-likeness (QED) is 0.815. The van der Waals surface area contributed by atoms with E-state index < -0.39 is 34.6 Å². The molecule has 2 N–H and O–H groups in total. The monoisotopic (exact) mass is 274 g/mol. The van der Waals surface area contributed by atoms with E-state index in [0.29, 0.717) is 18.9 Å². The molecule has 2 rings (SSSR count). The van der Waals surface area contributed by atoms with Crippen molar-refractivity contribution in [3.05, 3.63) is 29.1 Å². The summed E-state index contributed by atoms with van der Waals surface area (Å²) in [4.78, 5) is 11.5. The van der Waals surface area contributed by atoms with Gasteiger partial charge in [0.25, 0.3) is 0 Å². The molecule has 1 saturated carbocycles. The molecule has 0 aromatic heterocycles. The first-order valence-electron chi connectivity index (χ1n) is 6.00. The number of rotatable bonds is 2. The van der Waals surface area contributed by atoms with Gasteiger partial charge in [-0.1, -0.05) is 19.3 Å². The Balaban J connectivity index is 2.64. The van der Waals surface area contributed by atoms with Crippen molar-refractivity contribution in [3.63, 3.8) is 0 Å². The lowest BCUT2D eigenvalue weighted by atomic mass is 9.69. The molecule has 0 bridgehead atoms. The Kier molecular flexibility index (Phi) is 3.43. The van der Waals surface area contributed by atoms with Gasteiger partial charge in [-0.15, -0.1) is 0 Å². The predicted molar refractivity (Wildman–Crippen MR) is 60.4 cm³/mol. The molecule has 1 fully saturated rings. The van der Waals surface area contributed by atoms with Gasteiger partial charge in [0.1, 0.15) is 0 Å². The molecule has 19 heavy (non-hydrogen) atoms. The van der Waals surface area contributed by atoms with Crippen LogP contribution in [0.15, 0.2) is 6.07 Å². The summed E-state index contributed by atoms with van der Waals surface area (Å²) in [7, 11) is 0. The molecule has 1 aliphatic carbocycles. The van der Waals surface area contributed by atoms with Crippen molar-refractivity contribution in [2.45, 2.75) is 37.5 Å². The number of aliphatic carboxylic acids is 1. The molecule has 0 saturated heterocycles. The molecule has 104 valence electrons. The zero-order chi connectivity index (χ0) is 14.2. The lowest BCUT2D eigenvalue weighted by Crippen LogP contribution is -2.38. The van der Waals surface area contributed by atoms with Crippen LogP contribution < -0.4 is 0 Å². The summed E-state index contributed by atoms with van der Waals surface area (Å²) in [6.07, 6.45) is 2.31. The van der Waals surface area contributed by atoms with Crippen LogP contribution in [0.4, 0.5) is 13.2 Å². The molecule has 0 spiro atoms. The number of benzene rings is 1.